The number of nitrogens with zero attached hydrogens (tertiary/aromatic N) is 2. The molecule has 5 atom stereocenters. The lowest BCUT2D eigenvalue weighted by atomic mass is 9.71. The highest BCUT2D eigenvalue weighted by Crippen LogP contribution is 2.45. The maximum Gasteiger partial charge on any atom is 0.325 e. The number of carbonyl (C=O) groups is 4. The molecule has 2 fully saturated rings. The minimum absolute atomic E-state index is 0.153. The molecule has 1 aromatic heterocycles. The second-order valence-corrected chi connectivity index (χ2v) is 20.7. The number of nitrogens with one attached hydrogen (secondary N) is 4. The lowest BCUT2D eigenvalue weighted by Gasteiger charge is -2.38. The normalized spacial score (nSPS) is 20.8. The van der Waals surface area contributed by atoms with Crippen LogP contribution in [-0.2, 0) is 34.9 Å². The number of hydrogen-bond acceptors (Lipinski definition) is 8. The van der Waals surface area contributed by atoms with Crippen LogP contribution in [0.4, 0.5) is 8.78 Å². The van der Waals surface area contributed by atoms with E-state index in [-0.39, 0.29) is 25.4 Å². The SMILES string of the molecule is CC(C)[C@H](NC(=O)C1(C=Cc2ccc3ccc([C@@H](C)N[S@](=O)C(C)(C)C)nc3c2)CCC(F)(F)CC1)C(=O)N[C@@H](C)C(=O)N1CCC[C@@H](C(=O)OCC(Cl)(Cl)Cl)N1. The largest absolute Gasteiger partial charge is 0.460 e. The maximum atomic E-state index is 14.5. The summed E-state index contributed by atoms with van der Waals surface area (Å²) >= 11 is 17.0. The molecule has 0 spiro atoms. The summed E-state index contributed by atoms with van der Waals surface area (Å²) in [5.74, 6) is -5.83. The first-order chi connectivity index (χ1) is 26.4. The highest BCUT2D eigenvalue weighted by molar-refractivity contribution is 7.84. The van der Waals surface area contributed by atoms with E-state index in [2.05, 4.69) is 20.8 Å². The van der Waals surface area contributed by atoms with E-state index < -0.39 is 98.0 Å². The van der Waals surface area contributed by atoms with E-state index in [1.165, 1.54) is 11.9 Å². The third-order valence-corrected chi connectivity index (χ3v) is 12.0. The van der Waals surface area contributed by atoms with Crippen molar-refractivity contribution in [3.8, 4) is 0 Å². The van der Waals surface area contributed by atoms with Gasteiger partial charge < -0.3 is 15.4 Å². The number of benzene rings is 1. The summed E-state index contributed by atoms with van der Waals surface area (Å²) in [5, 5.41) is 7.56. The van der Waals surface area contributed by atoms with E-state index >= 15 is 0 Å². The van der Waals surface area contributed by atoms with Crippen molar-refractivity contribution in [3.63, 3.8) is 0 Å². The van der Waals surface area contributed by atoms with Crippen molar-refractivity contribution in [1.82, 2.24) is 30.8 Å². The topological polar surface area (TPSA) is 159 Å². The molecule has 0 radical (unpaired) electrons. The van der Waals surface area contributed by atoms with Gasteiger partial charge in [-0.05, 0) is 83.9 Å². The summed E-state index contributed by atoms with van der Waals surface area (Å²) in [4.78, 5) is 58.5. The molecule has 316 valence electrons. The van der Waals surface area contributed by atoms with Crippen LogP contribution in [0.15, 0.2) is 36.4 Å². The number of alkyl halides is 5. The Balaban J connectivity index is 1.48. The Morgan fingerprint density at radius 2 is 1.68 bits per heavy atom. The zero-order chi connectivity index (χ0) is 42.5. The number of hydrazine groups is 1. The highest BCUT2D eigenvalue weighted by Gasteiger charge is 2.47. The highest BCUT2D eigenvalue weighted by atomic mass is 35.6. The van der Waals surface area contributed by atoms with Crippen LogP contribution in [0, 0.1) is 11.3 Å². The molecular formula is C39H53Cl3F2N6O6S. The fraction of sp³-hybridized carbons (Fsp3) is 0.615. The third-order valence-electron chi connectivity index (χ3n) is 10.0. The molecule has 1 saturated carbocycles. The van der Waals surface area contributed by atoms with Crippen LogP contribution >= 0.6 is 34.8 Å². The average Bonchev–Trinajstić information content (AvgIpc) is 3.14. The summed E-state index contributed by atoms with van der Waals surface area (Å²) in [6.07, 6.45) is 2.84. The number of amides is 3. The third kappa shape index (κ3) is 13.0. The number of aromatic nitrogens is 1. The van der Waals surface area contributed by atoms with Crippen LogP contribution in [0.1, 0.15) is 104 Å². The Kier molecular flexibility index (Phi) is 15.6. The Morgan fingerprint density at radius 3 is 2.30 bits per heavy atom. The van der Waals surface area contributed by atoms with Crippen molar-refractivity contribution in [2.24, 2.45) is 11.3 Å². The molecule has 18 heteroatoms. The van der Waals surface area contributed by atoms with Gasteiger partial charge >= 0.3 is 5.97 Å². The van der Waals surface area contributed by atoms with E-state index in [9.17, 15) is 32.2 Å². The summed E-state index contributed by atoms with van der Waals surface area (Å²) in [6, 6.07) is 5.98. The van der Waals surface area contributed by atoms with Gasteiger partial charge in [0, 0.05) is 24.8 Å². The second-order valence-electron chi connectivity index (χ2n) is 16.2. The van der Waals surface area contributed by atoms with Crippen LogP contribution in [-0.4, -0.2) is 83.6 Å². The Bertz CT molecular complexity index is 1850. The van der Waals surface area contributed by atoms with Crippen molar-refractivity contribution < 1.29 is 36.9 Å². The number of rotatable bonds is 13. The number of ether oxygens (including phenoxy) is 1. The van der Waals surface area contributed by atoms with Crippen molar-refractivity contribution >= 4 is 86.5 Å². The van der Waals surface area contributed by atoms with Gasteiger partial charge in [0.25, 0.3) is 5.91 Å². The summed E-state index contributed by atoms with van der Waals surface area (Å²) in [7, 11) is -1.31. The average molecular weight is 878 g/mol. The molecule has 2 heterocycles. The first-order valence-electron chi connectivity index (χ1n) is 19.0. The zero-order valence-corrected chi connectivity index (χ0v) is 36.3. The van der Waals surface area contributed by atoms with Gasteiger partial charge in [0.1, 0.15) is 24.7 Å². The molecule has 57 heavy (non-hydrogen) atoms. The van der Waals surface area contributed by atoms with Gasteiger partial charge in [0.2, 0.25) is 21.5 Å². The smallest absolute Gasteiger partial charge is 0.325 e. The number of carbonyl (C=O) groups excluding carboxylic acids is 4. The van der Waals surface area contributed by atoms with Gasteiger partial charge in [-0.2, -0.15) is 0 Å². The van der Waals surface area contributed by atoms with Gasteiger partial charge in [-0.3, -0.25) is 29.2 Å². The van der Waals surface area contributed by atoms with Crippen molar-refractivity contribution in [3.05, 3.63) is 47.7 Å². The van der Waals surface area contributed by atoms with Crippen LogP contribution in [0.2, 0.25) is 0 Å². The number of hydrogen-bond donors (Lipinski definition) is 4. The lowest BCUT2D eigenvalue weighted by Crippen LogP contribution is -2.61. The molecule has 2 aliphatic rings. The molecule has 0 unspecified atom stereocenters. The van der Waals surface area contributed by atoms with Crippen molar-refractivity contribution in [2.45, 2.75) is 126 Å². The first kappa shape index (κ1) is 46.7. The minimum atomic E-state index is -2.94. The van der Waals surface area contributed by atoms with Crippen LogP contribution < -0.4 is 20.8 Å². The zero-order valence-electron chi connectivity index (χ0n) is 33.2. The van der Waals surface area contributed by atoms with E-state index in [0.29, 0.717) is 29.6 Å². The summed E-state index contributed by atoms with van der Waals surface area (Å²) < 4.78 is 47.6. The van der Waals surface area contributed by atoms with Gasteiger partial charge in [-0.25, -0.2) is 23.1 Å². The number of halogens is 5. The number of fused-ring (bicyclic) bond motifs is 1. The molecule has 4 N–H and O–H groups in total. The van der Waals surface area contributed by atoms with Gasteiger partial charge in [0.15, 0.2) is 0 Å². The molecule has 1 aliphatic carbocycles. The molecular weight excluding hydrogens is 825 g/mol. The Morgan fingerprint density at radius 1 is 1.04 bits per heavy atom. The molecule has 1 saturated heterocycles. The number of pyridine rings is 1. The summed E-state index contributed by atoms with van der Waals surface area (Å²) in [6.45, 7) is 12.2. The maximum absolute atomic E-state index is 14.5. The Labute approximate surface area is 350 Å². The van der Waals surface area contributed by atoms with Crippen molar-refractivity contribution in [2.75, 3.05) is 13.2 Å². The van der Waals surface area contributed by atoms with E-state index in [4.69, 9.17) is 44.5 Å². The molecule has 2 aromatic rings. The van der Waals surface area contributed by atoms with Gasteiger partial charge in [-0.15, -0.1) is 0 Å². The van der Waals surface area contributed by atoms with E-state index in [1.54, 1.807) is 26.0 Å². The Hall–Kier alpha value is -2.95. The predicted octanol–water partition coefficient (Wildman–Crippen LogP) is 6.61. The van der Waals surface area contributed by atoms with Gasteiger partial charge in [-0.1, -0.05) is 79.0 Å². The molecule has 3 amide bonds. The second kappa shape index (κ2) is 19.0. The lowest BCUT2D eigenvalue weighted by molar-refractivity contribution is -0.152. The molecule has 4 rings (SSSR count). The standard InChI is InChI=1S/C39H53Cl3F2N6O6S/c1-23(2)31(32(51)45-25(4)33(52)50-20-8-9-29(48-50)34(53)56-22-39(40,41)42)47-35(54)37(16-18-38(43,44)19-17-37)15-14-26-10-11-27-12-13-28(46-30(27)21-26)24(3)49-57(55)36(5,6)7/h10-15,21,23-25,29,31,48-49H,8-9,16-20,22H2,1-7H3,(H,45,51)(H,47,54)/t24-,25+,29+,31+,57-/m1/s1. The first-order valence-corrected chi connectivity index (χ1v) is 21.3. The fourth-order valence-corrected chi connectivity index (χ4v) is 7.43. The predicted molar refractivity (Wildman–Crippen MR) is 220 cm³/mol. The van der Waals surface area contributed by atoms with E-state index in [0.717, 1.165) is 5.39 Å². The van der Waals surface area contributed by atoms with Crippen molar-refractivity contribution in [1.29, 1.82) is 0 Å². The van der Waals surface area contributed by atoms with Crippen LogP contribution in [0.25, 0.3) is 17.0 Å². The van der Waals surface area contributed by atoms with Gasteiger partial charge in [0.05, 0.1) is 38.4 Å². The minimum Gasteiger partial charge on any atom is -0.460 e. The monoisotopic (exact) mass is 876 g/mol. The molecule has 1 aliphatic heterocycles. The molecule has 1 aromatic carbocycles. The van der Waals surface area contributed by atoms with Crippen LogP contribution in [0.5, 0.6) is 0 Å². The summed E-state index contributed by atoms with van der Waals surface area (Å²) in [5.41, 5.74) is 3.50. The molecule has 12 nitrogen and oxygen atoms in total. The molecule has 0 bridgehead atoms. The quantitative estimate of drug-likeness (QED) is 0.129. The fourth-order valence-electron chi connectivity index (χ4n) is 6.47. The van der Waals surface area contributed by atoms with Crippen LogP contribution in [0.3, 0.4) is 0 Å². The van der Waals surface area contributed by atoms with E-state index in [1.807, 2.05) is 58.0 Å². The number of esters is 1.